The number of aromatic nitrogens is 4. The molecule has 1 aliphatic heterocycles. The fourth-order valence-corrected chi connectivity index (χ4v) is 6.15. The maximum absolute atomic E-state index is 14.0. The third-order valence-corrected chi connectivity index (χ3v) is 7.65. The highest BCUT2D eigenvalue weighted by Crippen LogP contribution is 2.53. The molecule has 170 valence electrons. The number of aromatic amines is 2. The molecule has 4 aromatic carbocycles. The van der Waals surface area contributed by atoms with Gasteiger partial charge >= 0.3 is 0 Å². The topological polar surface area (TPSA) is 66.5 Å². The van der Waals surface area contributed by atoms with Crippen LogP contribution in [0.2, 0.25) is 0 Å². The van der Waals surface area contributed by atoms with Crippen molar-refractivity contribution in [3.05, 3.63) is 142 Å². The fraction of sp³-hybridized carbons (Fsp3) is 0.0323. The van der Waals surface area contributed by atoms with Crippen LogP contribution >= 0.6 is 0 Å². The molecule has 0 saturated heterocycles. The SMILES string of the molecule is O=c1c2ccccc2nc2n1-c1ccccc1C2(c1c[nH]c2ccccc12)c1c[nH]c2ccccc12. The van der Waals surface area contributed by atoms with E-state index in [2.05, 4.69) is 64.8 Å². The molecule has 4 heterocycles. The lowest BCUT2D eigenvalue weighted by Crippen LogP contribution is -2.32. The average molecular weight is 465 g/mol. The molecule has 36 heavy (non-hydrogen) atoms. The Labute approximate surface area is 205 Å². The lowest BCUT2D eigenvalue weighted by atomic mass is 9.69. The van der Waals surface area contributed by atoms with E-state index in [0.29, 0.717) is 16.7 Å². The molecule has 0 unspecified atom stereocenters. The number of H-pyrrole nitrogens is 2. The molecule has 0 fully saturated rings. The Morgan fingerprint density at radius 3 is 1.86 bits per heavy atom. The number of fused-ring (bicyclic) bond motifs is 6. The van der Waals surface area contributed by atoms with Crippen LogP contribution in [-0.2, 0) is 5.41 Å². The van der Waals surface area contributed by atoms with Crippen LogP contribution in [0, 0.1) is 0 Å². The van der Waals surface area contributed by atoms with E-state index in [1.54, 1.807) is 0 Å². The molecule has 0 bridgehead atoms. The van der Waals surface area contributed by atoms with Gasteiger partial charge in [0.2, 0.25) is 0 Å². The lowest BCUT2D eigenvalue weighted by Gasteiger charge is -2.30. The van der Waals surface area contributed by atoms with Gasteiger partial charge in [-0.3, -0.25) is 9.36 Å². The summed E-state index contributed by atoms with van der Waals surface area (Å²) >= 11 is 0. The summed E-state index contributed by atoms with van der Waals surface area (Å²) in [6, 6.07) is 32.5. The van der Waals surface area contributed by atoms with Gasteiger partial charge in [-0.1, -0.05) is 66.7 Å². The van der Waals surface area contributed by atoms with Crippen LogP contribution in [-0.4, -0.2) is 19.5 Å². The first-order valence-corrected chi connectivity index (χ1v) is 12.0. The van der Waals surface area contributed by atoms with Gasteiger partial charge < -0.3 is 9.97 Å². The Kier molecular flexibility index (Phi) is 3.68. The highest BCUT2D eigenvalue weighted by atomic mass is 16.1. The van der Waals surface area contributed by atoms with E-state index in [1.807, 2.05) is 59.2 Å². The van der Waals surface area contributed by atoms with Gasteiger partial charge in [-0.2, -0.15) is 0 Å². The van der Waals surface area contributed by atoms with Gasteiger partial charge in [0.25, 0.3) is 5.56 Å². The van der Waals surface area contributed by atoms with Crippen LogP contribution in [0.1, 0.15) is 22.5 Å². The van der Waals surface area contributed by atoms with Gasteiger partial charge in [-0.15, -0.1) is 0 Å². The molecule has 0 aliphatic carbocycles. The van der Waals surface area contributed by atoms with Crippen molar-refractivity contribution < 1.29 is 0 Å². The molecule has 1 aliphatic rings. The number of nitrogens with one attached hydrogen (secondary N) is 2. The predicted octanol–water partition coefficient (Wildman–Crippen LogP) is 6.04. The first-order valence-electron chi connectivity index (χ1n) is 12.0. The van der Waals surface area contributed by atoms with Crippen molar-refractivity contribution in [3.63, 3.8) is 0 Å². The first kappa shape index (κ1) is 19.4. The second kappa shape index (κ2) is 6.83. The molecular weight excluding hydrogens is 444 g/mol. The zero-order valence-electron chi connectivity index (χ0n) is 19.2. The molecule has 2 N–H and O–H groups in total. The maximum Gasteiger partial charge on any atom is 0.266 e. The average Bonchev–Trinajstić information content (AvgIpc) is 3.62. The van der Waals surface area contributed by atoms with Crippen molar-refractivity contribution in [1.82, 2.24) is 19.5 Å². The van der Waals surface area contributed by atoms with Crippen LogP contribution in [0.15, 0.2) is 114 Å². The van der Waals surface area contributed by atoms with Crippen LogP contribution < -0.4 is 5.56 Å². The van der Waals surface area contributed by atoms with Crippen molar-refractivity contribution in [3.8, 4) is 5.69 Å². The predicted molar refractivity (Wildman–Crippen MR) is 143 cm³/mol. The molecule has 5 heteroatoms. The summed E-state index contributed by atoms with van der Waals surface area (Å²) < 4.78 is 1.82. The number of nitrogens with zero attached hydrogens (tertiary/aromatic N) is 2. The minimum atomic E-state index is -0.807. The van der Waals surface area contributed by atoms with E-state index in [4.69, 9.17) is 4.98 Å². The minimum absolute atomic E-state index is 0.0513. The molecule has 0 atom stereocenters. The lowest BCUT2D eigenvalue weighted by molar-refractivity contribution is 0.710. The molecule has 0 amide bonds. The van der Waals surface area contributed by atoms with Crippen LogP contribution in [0.25, 0.3) is 38.4 Å². The molecule has 7 aromatic rings. The van der Waals surface area contributed by atoms with E-state index in [1.165, 1.54) is 0 Å². The summed E-state index contributed by atoms with van der Waals surface area (Å²) in [4.78, 5) is 26.3. The smallest absolute Gasteiger partial charge is 0.266 e. The van der Waals surface area contributed by atoms with Gasteiger partial charge in [0, 0.05) is 45.3 Å². The number of hydrogen-bond acceptors (Lipinski definition) is 2. The van der Waals surface area contributed by atoms with E-state index in [-0.39, 0.29) is 5.56 Å². The van der Waals surface area contributed by atoms with Crippen molar-refractivity contribution in [2.24, 2.45) is 0 Å². The van der Waals surface area contributed by atoms with Gasteiger partial charge in [0.05, 0.1) is 16.6 Å². The van der Waals surface area contributed by atoms with Crippen LogP contribution in [0.3, 0.4) is 0 Å². The second-order valence-corrected chi connectivity index (χ2v) is 9.36. The van der Waals surface area contributed by atoms with E-state index < -0.39 is 5.41 Å². The van der Waals surface area contributed by atoms with Crippen molar-refractivity contribution in [2.75, 3.05) is 0 Å². The van der Waals surface area contributed by atoms with Crippen molar-refractivity contribution in [1.29, 1.82) is 0 Å². The van der Waals surface area contributed by atoms with Crippen LogP contribution in [0.5, 0.6) is 0 Å². The van der Waals surface area contributed by atoms with E-state index in [0.717, 1.165) is 44.2 Å². The molecule has 8 rings (SSSR count). The standard InChI is InChI=1S/C31H20N4O/c36-29-21-11-3-7-15-27(21)34-30-31(22-12-4-8-16-28(22)35(29)30,23-17-32-25-13-5-1-9-19(23)25)24-18-33-26-14-6-2-10-20(24)26/h1-18,32-33H. The molecule has 0 spiro atoms. The van der Waals surface area contributed by atoms with Crippen molar-refractivity contribution in [2.45, 2.75) is 5.41 Å². The Hall–Kier alpha value is -4.90. The quantitative estimate of drug-likeness (QED) is 0.327. The Balaban J connectivity index is 1.66. The van der Waals surface area contributed by atoms with Gasteiger partial charge in [-0.05, 0) is 35.9 Å². The summed E-state index contributed by atoms with van der Waals surface area (Å²) in [7, 11) is 0. The minimum Gasteiger partial charge on any atom is -0.361 e. The highest BCUT2D eigenvalue weighted by molar-refractivity contribution is 5.94. The number of benzene rings is 4. The normalized spacial score (nSPS) is 13.9. The van der Waals surface area contributed by atoms with Gasteiger partial charge in [0.15, 0.2) is 0 Å². The maximum atomic E-state index is 14.0. The second-order valence-electron chi connectivity index (χ2n) is 9.36. The largest absolute Gasteiger partial charge is 0.361 e. The Bertz CT molecular complexity index is 1970. The molecular formula is C31H20N4O. The summed E-state index contributed by atoms with van der Waals surface area (Å²) in [5, 5.41) is 2.83. The first-order chi connectivity index (χ1) is 17.8. The third-order valence-electron chi connectivity index (χ3n) is 7.65. The monoisotopic (exact) mass is 464 g/mol. The van der Waals surface area contributed by atoms with E-state index in [9.17, 15) is 4.79 Å². The Morgan fingerprint density at radius 2 is 1.17 bits per heavy atom. The fourth-order valence-electron chi connectivity index (χ4n) is 6.15. The summed E-state index contributed by atoms with van der Waals surface area (Å²) in [6.45, 7) is 0. The molecule has 0 saturated carbocycles. The molecule has 5 nitrogen and oxygen atoms in total. The molecule has 0 radical (unpaired) electrons. The number of para-hydroxylation sites is 4. The van der Waals surface area contributed by atoms with Crippen molar-refractivity contribution >= 4 is 32.7 Å². The Morgan fingerprint density at radius 1 is 0.611 bits per heavy atom. The summed E-state index contributed by atoms with van der Waals surface area (Å²) in [5.74, 6) is 0.710. The molecule has 3 aromatic heterocycles. The zero-order chi connectivity index (χ0) is 23.9. The van der Waals surface area contributed by atoms with E-state index >= 15 is 0 Å². The summed E-state index contributed by atoms with van der Waals surface area (Å²) in [6.07, 6.45) is 4.17. The third kappa shape index (κ3) is 2.25. The zero-order valence-corrected chi connectivity index (χ0v) is 19.2. The van der Waals surface area contributed by atoms with Gasteiger partial charge in [0.1, 0.15) is 11.2 Å². The highest BCUT2D eigenvalue weighted by Gasteiger charge is 2.51. The number of hydrogen-bond donors (Lipinski definition) is 2. The van der Waals surface area contributed by atoms with Gasteiger partial charge in [-0.25, -0.2) is 4.98 Å². The van der Waals surface area contributed by atoms with Crippen LogP contribution in [0.4, 0.5) is 0 Å². The summed E-state index contributed by atoms with van der Waals surface area (Å²) in [5.41, 5.74) is 5.99. The number of rotatable bonds is 2.